The maximum absolute atomic E-state index is 6.10. The molecule has 5 nitrogen and oxygen atoms in total. The largest absolute Gasteiger partial charge is 0.487 e. The van der Waals surface area contributed by atoms with E-state index in [0.717, 1.165) is 32.4 Å². The van der Waals surface area contributed by atoms with Gasteiger partial charge in [0, 0.05) is 30.6 Å². The normalized spacial score (nSPS) is 11.1. The predicted molar refractivity (Wildman–Crippen MR) is 95.9 cm³/mol. The molecule has 0 aliphatic carbocycles. The summed E-state index contributed by atoms with van der Waals surface area (Å²) >= 11 is 3.55. The number of aryl methyl sites for hydroxylation is 1. The van der Waals surface area contributed by atoms with Gasteiger partial charge in [-0.3, -0.25) is 4.68 Å². The summed E-state index contributed by atoms with van der Waals surface area (Å²) in [6.07, 6.45) is 7.56. The molecular weight excluding hydrogens is 368 g/mol. The van der Waals surface area contributed by atoms with E-state index in [1.54, 1.807) is 10.9 Å². The maximum Gasteiger partial charge on any atom is 0.147 e. The third-order valence-electron chi connectivity index (χ3n) is 3.81. The summed E-state index contributed by atoms with van der Waals surface area (Å²) in [5.41, 5.74) is 4.07. The van der Waals surface area contributed by atoms with Gasteiger partial charge in [-0.05, 0) is 27.6 Å². The molecule has 6 heteroatoms. The molecule has 0 aliphatic heterocycles. The van der Waals surface area contributed by atoms with Crippen molar-refractivity contribution in [2.24, 2.45) is 7.05 Å². The van der Waals surface area contributed by atoms with Gasteiger partial charge >= 0.3 is 0 Å². The fraction of sp³-hybridized carbons (Fsp3) is 0.111. The number of hydrogen-bond donors (Lipinski definition) is 0. The lowest BCUT2D eigenvalue weighted by Gasteiger charge is -2.10. The van der Waals surface area contributed by atoms with E-state index < -0.39 is 0 Å². The highest BCUT2D eigenvalue weighted by Gasteiger charge is 2.13. The summed E-state index contributed by atoms with van der Waals surface area (Å²) < 4.78 is 10.6. The Morgan fingerprint density at radius 3 is 2.62 bits per heavy atom. The van der Waals surface area contributed by atoms with Crippen LogP contribution in [0.15, 0.2) is 65.7 Å². The molecule has 0 N–H and O–H groups in total. The van der Waals surface area contributed by atoms with Gasteiger partial charge in [-0.25, -0.2) is 4.52 Å². The molecule has 24 heavy (non-hydrogen) atoms. The van der Waals surface area contributed by atoms with Crippen molar-refractivity contribution in [2.45, 2.75) is 6.61 Å². The molecule has 0 atom stereocenters. The smallest absolute Gasteiger partial charge is 0.147 e. The van der Waals surface area contributed by atoms with Crippen LogP contribution in [0.2, 0.25) is 0 Å². The minimum atomic E-state index is 0.505. The molecule has 4 aromatic rings. The van der Waals surface area contributed by atoms with Crippen molar-refractivity contribution in [1.82, 2.24) is 19.4 Å². The van der Waals surface area contributed by atoms with Gasteiger partial charge in [0.2, 0.25) is 0 Å². The van der Waals surface area contributed by atoms with Gasteiger partial charge in [0.15, 0.2) is 0 Å². The van der Waals surface area contributed by atoms with Gasteiger partial charge in [0.1, 0.15) is 17.9 Å². The van der Waals surface area contributed by atoms with Crippen LogP contribution in [0, 0.1) is 0 Å². The molecule has 120 valence electrons. The van der Waals surface area contributed by atoms with Crippen LogP contribution in [0.25, 0.3) is 16.6 Å². The molecule has 0 spiro atoms. The summed E-state index contributed by atoms with van der Waals surface area (Å²) in [5.74, 6) is 0.782. The SMILES string of the molecule is Cn1cc(-c2cc(OCc3ccccc3)c3c(Br)cnn3c2)cn1. The Kier molecular flexibility index (Phi) is 3.82. The Hall–Kier alpha value is -2.60. The number of hydrogen-bond acceptors (Lipinski definition) is 3. The number of aromatic nitrogens is 4. The first-order valence-corrected chi connectivity index (χ1v) is 8.32. The minimum Gasteiger partial charge on any atom is -0.487 e. The number of rotatable bonds is 4. The molecule has 4 rings (SSSR count). The molecule has 0 amide bonds. The van der Waals surface area contributed by atoms with E-state index >= 15 is 0 Å². The highest BCUT2D eigenvalue weighted by molar-refractivity contribution is 9.10. The van der Waals surface area contributed by atoms with Crippen LogP contribution in [-0.2, 0) is 13.7 Å². The van der Waals surface area contributed by atoms with Crippen LogP contribution in [0.1, 0.15) is 5.56 Å². The van der Waals surface area contributed by atoms with Gasteiger partial charge in [-0.15, -0.1) is 0 Å². The average molecular weight is 383 g/mol. The number of benzene rings is 1. The van der Waals surface area contributed by atoms with Crippen molar-refractivity contribution >= 4 is 21.4 Å². The molecule has 0 saturated carbocycles. The first-order chi connectivity index (χ1) is 11.7. The summed E-state index contributed by atoms with van der Waals surface area (Å²) in [6, 6.07) is 12.1. The molecule has 1 aromatic carbocycles. The molecule has 0 saturated heterocycles. The number of fused-ring (bicyclic) bond motifs is 1. The van der Waals surface area contributed by atoms with E-state index in [0.29, 0.717) is 6.61 Å². The zero-order valence-corrected chi connectivity index (χ0v) is 14.6. The topological polar surface area (TPSA) is 44.4 Å². The molecule has 0 aliphatic rings. The van der Waals surface area contributed by atoms with Gasteiger partial charge in [-0.2, -0.15) is 10.2 Å². The maximum atomic E-state index is 6.10. The summed E-state index contributed by atoms with van der Waals surface area (Å²) in [4.78, 5) is 0. The molecular formula is C18H15BrN4O. The van der Waals surface area contributed by atoms with E-state index in [4.69, 9.17) is 4.74 Å². The van der Waals surface area contributed by atoms with Gasteiger partial charge in [-0.1, -0.05) is 30.3 Å². The number of ether oxygens (including phenoxy) is 1. The second kappa shape index (κ2) is 6.13. The number of nitrogens with zero attached hydrogens (tertiary/aromatic N) is 4. The van der Waals surface area contributed by atoms with Gasteiger partial charge in [0.05, 0.1) is 16.9 Å². The Morgan fingerprint density at radius 2 is 1.88 bits per heavy atom. The van der Waals surface area contributed by atoms with Gasteiger partial charge in [0.25, 0.3) is 0 Å². The summed E-state index contributed by atoms with van der Waals surface area (Å²) in [5, 5.41) is 8.63. The first-order valence-electron chi connectivity index (χ1n) is 7.53. The molecule has 0 bridgehead atoms. The monoisotopic (exact) mass is 382 g/mol. The van der Waals surface area contributed by atoms with Crippen molar-refractivity contribution in [1.29, 1.82) is 0 Å². The Balaban J connectivity index is 1.75. The van der Waals surface area contributed by atoms with E-state index in [1.807, 2.05) is 66.6 Å². The zero-order valence-electron chi connectivity index (χ0n) is 13.1. The second-order valence-electron chi connectivity index (χ2n) is 5.56. The first kappa shape index (κ1) is 15.0. The third-order valence-corrected chi connectivity index (χ3v) is 4.39. The van der Waals surface area contributed by atoms with Crippen molar-refractivity contribution in [3.05, 3.63) is 71.2 Å². The van der Waals surface area contributed by atoms with Crippen molar-refractivity contribution < 1.29 is 4.74 Å². The molecule has 3 aromatic heterocycles. The van der Waals surface area contributed by atoms with Crippen molar-refractivity contribution in [2.75, 3.05) is 0 Å². The fourth-order valence-electron chi connectivity index (χ4n) is 2.62. The van der Waals surface area contributed by atoms with E-state index in [-0.39, 0.29) is 0 Å². The molecule has 0 radical (unpaired) electrons. The van der Waals surface area contributed by atoms with Crippen LogP contribution >= 0.6 is 15.9 Å². The second-order valence-corrected chi connectivity index (χ2v) is 6.41. The zero-order chi connectivity index (χ0) is 16.5. The van der Waals surface area contributed by atoms with Crippen molar-refractivity contribution in [3.63, 3.8) is 0 Å². The van der Waals surface area contributed by atoms with Crippen LogP contribution in [0.3, 0.4) is 0 Å². The van der Waals surface area contributed by atoms with E-state index in [1.165, 1.54) is 0 Å². The standard InChI is InChI=1S/C18H15BrN4O/c1-22-10-15(8-20-22)14-7-17(18-16(19)9-21-23(18)11-14)24-12-13-5-3-2-4-6-13/h2-11H,12H2,1H3. The van der Waals surface area contributed by atoms with Crippen LogP contribution in [0.4, 0.5) is 0 Å². The lowest BCUT2D eigenvalue weighted by atomic mass is 10.1. The fourth-order valence-corrected chi connectivity index (χ4v) is 3.09. The summed E-state index contributed by atoms with van der Waals surface area (Å²) in [6.45, 7) is 0.505. The average Bonchev–Trinajstić information content (AvgIpc) is 3.20. The number of halogens is 1. The lowest BCUT2D eigenvalue weighted by Crippen LogP contribution is -1.99. The third kappa shape index (κ3) is 2.80. The van der Waals surface area contributed by atoms with Crippen LogP contribution in [-0.4, -0.2) is 19.4 Å². The number of pyridine rings is 1. The van der Waals surface area contributed by atoms with Crippen molar-refractivity contribution in [3.8, 4) is 16.9 Å². The Bertz CT molecular complexity index is 991. The minimum absolute atomic E-state index is 0.505. The highest BCUT2D eigenvalue weighted by Crippen LogP contribution is 2.32. The molecule has 0 unspecified atom stereocenters. The molecule has 3 heterocycles. The van der Waals surface area contributed by atoms with Gasteiger partial charge < -0.3 is 4.74 Å². The lowest BCUT2D eigenvalue weighted by molar-refractivity contribution is 0.308. The van der Waals surface area contributed by atoms with Crippen LogP contribution < -0.4 is 4.74 Å². The Labute approximate surface area is 147 Å². The van der Waals surface area contributed by atoms with E-state index in [2.05, 4.69) is 26.1 Å². The summed E-state index contributed by atoms with van der Waals surface area (Å²) in [7, 11) is 1.90. The molecule has 0 fully saturated rings. The van der Waals surface area contributed by atoms with Crippen LogP contribution in [0.5, 0.6) is 5.75 Å². The predicted octanol–water partition coefficient (Wildman–Crippen LogP) is 4.08. The highest BCUT2D eigenvalue weighted by atomic mass is 79.9. The Morgan fingerprint density at radius 1 is 1.04 bits per heavy atom. The quantitative estimate of drug-likeness (QED) is 0.534. The van der Waals surface area contributed by atoms with E-state index in [9.17, 15) is 0 Å².